The second-order valence-corrected chi connectivity index (χ2v) is 4.99. The number of hydrogen-bond acceptors (Lipinski definition) is 3. The quantitative estimate of drug-likeness (QED) is 0.800. The molecule has 0 saturated carbocycles. The Hall–Kier alpha value is -2.59. The first-order valence-corrected chi connectivity index (χ1v) is 6.99. The molecule has 0 saturated heterocycles. The van der Waals surface area contributed by atoms with E-state index in [9.17, 15) is 9.50 Å². The lowest BCUT2D eigenvalue weighted by Gasteiger charge is -2.12. The van der Waals surface area contributed by atoms with Crippen LogP contribution in [0.1, 0.15) is 11.3 Å². The molecule has 0 atom stereocenters. The van der Waals surface area contributed by atoms with Crippen molar-refractivity contribution in [3.05, 3.63) is 71.7 Å². The zero-order valence-electron chi connectivity index (χ0n) is 12.1. The van der Waals surface area contributed by atoms with Gasteiger partial charge in [-0.25, -0.2) is 14.4 Å². The molecule has 1 N–H and O–H groups in total. The van der Waals surface area contributed by atoms with E-state index < -0.39 is 0 Å². The van der Waals surface area contributed by atoms with Crippen molar-refractivity contribution in [2.75, 3.05) is 0 Å². The third kappa shape index (κ3) is 2.73. The normalized spacial score (nSPS) is 10.7. The van der Waals surface area contributed by atoms with E-state index in [4.69, 9.17) is 0 Å². The van der Waals surface area contributed by atoms with E-state index >= 15 is 0 Å². The van der Waals surface area contributed by atoms with Crippen LogP contribution in [0.4, 0.5) is 4.39 Å². The minimum atomic E-state index is -0.302. The third-order valence-electron chi connectivity index (χ3n) is 3.52. The fourth-order valence-corrected chi connectivity index (χ4v) is 2.35. The van der Waals surface area contributed by atoms with Crippen molar-refractivity contribution in [2.45, 2.75) is 13.5 Å². The third-order valence-corrected chi connectivity index (χ3v) is 3.52. The van der Waals surface area contributed by atoms with Crippen LogP contribution in [0.15, 0.2) is 54.6 Å². The zero-order chi connectivity index (χ0) is 15.5. The van der Waals surface area contributed by atoms with Gasteiger partial charge in [-0.15, -0.1) is 0 Å². The van der Waals surface area contributed by atoms with Crippen molar-refractivity contribution < 1.29 is 9.50 Å². The van der Waals surface area contributed by atoms with Crippen LogP contribution in [0.2, 0.25) is 0 Å². The topological polar surface area (TPSA) is 46.0 Å². The Morgan fingerprint density at radius 3 is 2.23 bits per heavy atom. The van der Waals surface area contributed by atoms with Crippen molar-refractivity contribution in [1.29, 1.82) is 0 Å². The predicted molar refractivity (Wildman–Crippen MR) is 83.5 cm³/mol. The summed E-state index contributed by atoms with van der Waals surface area (Å²) < 4.78 is 13.1. The number of rotatable bonds is 3. The molecule has 0 unspecified atom stereocenters. The molecule has 0 aliphatic rings. The second kappa shape index (κ2) is 6.03. The molecule has 1 heterocycles. The van der Waals surface area contributed by atoms with E-state index in [1.807, 2.05) is 37.3 Å². The molecule has 22 heavy (non-hydrogen) atoms. The van der Waals surface area contributed by atoms with Gasteiger partial charge in [-0.3, -0.25) is 0 Å². The monoisotopic (exact) mass is 294 g/mol. The van der Waals surface area contributed by atoms with Gasteiger partial charge in [0.25, 0.3) is 0 Å². The highest BCUT2D eigenvalue weighted by molar-refractivity contribution is 5.67. The molecule has 3 rings (SSSR count). The Morgan fingerprint density at radius 1 is 0.909 bits per heavy atom. The molecule has 0 spiro atoms. The van der Waals surface area contributed by atoms with Crippen LogP contribution in [0.5, 0.6) is 0 Å². The highest BCUT2D eigenvalue weighted by atomic mass is 19.1. The molecular weight excluding hydrogens is 279 g/mol. The highest BCUT2D eigenvalue weighted by Crippen LogP contribution is 2.27. The highest BCUT2D eigenvalue weighted by Gasteiger charge is 2.14. The van der Waals surface area contributed by atoms with Gasteiger partial charge in [0, 0.05) is 22.4 Å². The molecule has 110 valence electrons. The van der Waals surface area contributed by atoms with Crippen LogP contribution in [0.25, 0.3) is 22.6 Å². The first-order valence-electron chi connectivity index (χ1n) is 6.99. The van der Waals surface area contributed by atoms with Crippen LogP contribution < -0.4 is 0 Å². The molecule has 3 nitrogen and oxygen atoms in total. The summed E-state index contributed by atoms with van der Waals surface area (Å²) in [5, 5.41) is 9.62. The molecule has 0 amide bonds. The largest absolute Gasteiger partial charge is 0.392 e. The summed E-state index contributed by atoms with van der Waals surface area (Å²) in [5.74, 6) is 0.290. The summed E-state index contributed by atoms with van der Waals surface area (Å²) in [6.07, 6.45) is 0. The standard InChI is InChI=1S/C18H15FN2O/c1-12-16(11-22)17(13-7-9-15(19)10-8-13)21-18(20-12)14-5-3-2-4-6-14/h2-10,22H,11H2,1H3. The van der Waals surface area contributed by atoms with Gasteiger partial charge in [0.05, 0.1) is 12.3 Å². The molecule has 0 aliphatic carbocycles. The first-order chi connectivity index (χ1) is 10.7. The van der Waals surface area contributed by atoms with Crippen LogP contribution >= 0.6 is 0 Å². The maximum absolute atomic E-state index is 13.1. The summed E-state index contributed by atoms with van der Waals surface area (Å²) in [6.45, 7) is 1.68. The Kier molecular flexibility index (Phi) is 3.94. The Morgan fingerprint density at radius 2 is 1.59 bits per heavy atom. The maximum atomic E-state index is 13.1. The maximum Gasteiger partial charge on any atom is 0.160 e. The van der Waals surface area contributed by atoms with Gasteiger partial charge >= 0.3 is 0 Å². The smallest absolute Gasteiger partial charge is 0.160 e. The molecule has 0 radical (unpaired) electrons. The number of aromatic nitrogens is 2. The lowest BCUT2D eigenvalue weighted by Crippen LogP contribution is -2.03. The van der Waals surface area contributed by atoms with Crippen molar-refractivity contribution in [1.82, 2.24) is 9.97 Å². The zero-order valence-corrected chi connectivity index (χ0v) is 12.1. The van der Waals surface area contributed by atoms with Crippen molar-refractivity contribution in [3.63, 3.8) is 0 Å². The molecule has 3 aromatic rings. The van der Waals surface area contributed by atoms with E-state index in [0.717, 1.165) is 16.8 Å². The minimum absolute atomic E-state index is 0.159. The van der Waals surface area contributed by atoms with E-state index in [0.29, 0.717) is 17.1 Å². The molecule has 0 bridgehead atoms. The van der Waals surface area contributed by atoms with E-state index in [1.165, 1.54) is 12.1 Å². The van der Waals surface area contributed by atoms with Crippen molar-refractivity contribution in [2.24, 2.45) is 0 Å². The summed E-state index contributed by atoms with van der Waals surface area (Å²) in [6, 6.07) is 15.7. The number of halogens is 1. The fraction of sp³-hybridized carbons (Fsp3) is 0.111. The predicted octanol–water partition coefficient (Wildman–Crippen LogP) is 3.75. The summed E-state index contributed by atoms with van der Waals surface area (Å²) in [7, 11) is 0. The first kappa shape index (κ1) is 14.4. The van der Waals surface area contributed by atoms with Gasteiger partial charge in [-0.2, -0.15) is 0 Å². The van der Waals surface area contributed by atoms with Crippen LogP contribution in [0.3, 0.4) is 0 Å². The van der Waals surface area contributed by atoms with E-state index in [2.05, 4.69) is 9.97 Å². The number of benzene rings is 2. The molecule has 2 aromatic carbocycles. The molecule has 0 aliphatic heterocycles. The SMILES string of the molecule is Cc1nc(-c2ccccc2)nc(-c2ccc(F)cc2)c1CO. The van der Waals surface area contributed by atoms with Gasteiger partial charge in [0.15, 0.2) is 5.82 Å². The molecule has 4 heteroatoms. The molecule has 0 fully saturated rings. The second-order valence-electron chi connectivity index (χ2n) is 4.99. The van der Waals surface area contributed by atoms with E-state index in [-0.39, 0.29) is 12.4 Å². The van der Waals surface area contributed by atoms with Crippen LogP contribution in [-0.4, -0.2) is 15.1 Å². The summed E-state index contributed by atoms with van der Waals surface area (Å²) >= 11 is 0. The summed E-state index contributed by atoms with van der Waals surface area (Å²) in [5.41, 5.74) is 3.67. The van der Waals surface area contributed by atoms with Crippen LogP contribution in [-0.2, 0) is 6.61 Å². The van der Waals surface area contributed by atoms with Gasteiger partial charge < -0.3 is 5.11 Å². The van der Waals surface area contributed by atoms with Crippen molar-refractivity contribution >= 4 is 0 Å². The fourth-order valence-electron chi connectivity index (χ4n) is 2.35. The minimum Gasteiger partial charge on any atom is -0.392 e. The number of aliphatic hydroxyl groups excluding tert-OH is 1. The number of aryl methyl sites for hydroxylation is 1. The molecule has 1 aromatic heterocycles. The lowest BCUT2D eigenvalue weighted by atomic mass is 10.0. The average Bonchev–Trinajstić information content (AvgIpc) is 2.55. The Bertz CT molecular complexity index is 786. The summed E-state index contributed by atoms with van der Waals surface area (Å²) in [4.78, 5) is 9.05. The average molecular weight is 294 g/mol. The van der Waals surface area contributed by atoms with Gasteiger partial charge in [-0.05, 0) is 31.2 Å². The molecular formula is C18H15FN2O. The number of nitrogens with zero attached hydrogens (tertiary/aromatic N) is 2. The van der Waals surface area contributed by atoms with Gasteiger partial charge in [0.2, 0.25) is 0 Å². The Balaban J connectivity index is 2.19. The number of hydrogen-bond donors (Lipinski definition) is 1. The Labute approximate surface area is 128 Å². The van der Waals surface area contributed by atoms with Crippen molar-refractivity contribution in [3.8, 4) is 22.6 Å². The van der Waals surface area contributed by atoms with Crippen LogP contribution in [0, 0.1) is 12.7 Å². The van der Waals surface area contributed by atoms with Gasteiger partial charge in [0.1, 0.15) is 5.82 Å². The van der Waals surface area contributed by atoms with Gasteiger partial charge in [-0.1, -0.05) is 30.3 Å². The van der Waals surface area contributed by atoms with E-state index in [1.54, 1.807) is 12.1 Å². The lowest BCUT2D eigenvalue weighted by molar-refractivity contribution is 0.280. The number of aliphatic hydroxyl groups is 1.